The molecular weight excluding hydrogens is 261 g/mol. The lowest BCUT2D eigenvalue weighted by atomic mass is 9.85. The van der Waals surface area contributed by atoms with E-state index < -0.39 is 0 Å². The van der Waals surface area contributed by atoms with E-state index in [1.165, 1.54) is 42.0 Å². The van der Waals surface area contributed by atoms with E-state index in [0.717, 1.165) is 30.4 Å². The lowest BCUT2D eigenvalue weighted by molar-refractivity contribution is 0.438. The van der Waals surface area contributed by atoms with Crippen LogP contribution < -0.4 is 5.73 Å². The Morgan fingerprint density at radius 3 is 2.71 bits per heavy atom. The molecule has 0 heterocycles. The van der Waals surface area contributed by atoms with Crippen molar-refractivity contribution in [3.8, 4) is 0 Å². The second kappa shape index (κ2) is 4.67. The van der Waals surface area contributed by atoms with Crippen molar-refractivity contribution in [1.29, 1.82) is 0 Å². The summed E-state index contributed by atoms with van der Waals surface area (Å²) in [5.74, 6) is -0.157. The summed E-state index contributed by atoms with van der Waals surface area (Å²) in [5, 5.41) is 0. The van der Waals surface area contributed by atoms with Gasteiger partial charge in [0.2, 0.25) is 0 Å². The maximum absolute atomic E-state index is 13.3. The third-order valence-corrected chi connectivity index (χ3v) is 5.13. The minimum absolute atomic E-state index is 0.157. The van der Waals surface area contributed by atoms with Crippen molar-refractivity contribution in [3.05, 3.63) is 70.0 Å². The summed E-state index contributed by atoms with van der Waals surface area (Å²) >= 11 is 0. The van der Waals surface area contributed by atoms with Crippen molar-refractivity contribution >= 4 is 0 Å². The Morgan fingerprint density at radius 2 is 1.81 bits per heavy atom. The minimum Gasteiger partial charge on any atom is -0.321 e. The highest BCUT2D eigenvalue weighted by molar-refractivity contribution is 5.42. The molecule has 4 rings (SSSR count). The molecule has 1 atom stereocenters. The van der Waals surface area contributed by atoms with Gasteiger partial charge in [0.25, 0.3) is 0 Å². The highest BCUT2D eigenvalue weighted by atomic mass is 19.1. The molecule has 0 bridgehead atoms. The second-order valence-electron chi connectivity index (χ2n) is 6.59. The number of fused-ring (bicyclic) bond motifs is 2. The number of benzene rings is 2. The van der Waals surface area contributed by atoms with Crippen molar-refractivity contribution in [3.63, 3.8) is 0 Å². The van der Waals surface area contributed by atoms with Gasteiger partial charge in [-0.1, -0.05) is 24.3 Å². The van der Waals surface area contributed by atoms with Gasteiger partial charge in [0, 0.05) is 5.54 Å². The fraction of sp³-hybridized carbons (Fsp3) is 0.368. The molecule has 2 heteroatoms. The van der Waals surface area contributed by atoms with Gasteiger partial charge < -0.3 is 5.73 Å². The molecule has 2 aliphatic carbocycles. The maximum atomic E-state index is 13.3. The highest BCUT2D eigenvalue weighted by Gasteiger charge is 2.35. The Balaban J connectivity index is 1.66. The monoisotopic (exact) mass is 281 g/mol. The highest BCUT2D eigenvalue weighted by Crippen LogP contribution is 2.38. The molecule has 1 unspecified atom stereocenters. The molecule has 0 radical (unpaired) electrons. The zero-order valence-electron chi connectivity index (χ0n) is 12.2. The van der Waals surface area contributed by atoms with Crippen molar-refractivity contribution in [2.75, 3.05) is 0 Å². The van der Waals surface area contributed by atoms with Gasteiger partial charge in [-0.15, -0.1) is 0 Å². The van der Waals surface area contributed by atoms with Crippen LogP contribution in [0.25, 0.3) is 0 Å². The van der Waals surface area contributed by atoms with Crippen LogP contribution in [0.1, 0.15) is 40.7 Å². The zero-order chi connectivity index (χ0) is 14.4. The summed E-state index contributed by atoms with van der Waals surface area (Å²) in [6.45, 7) is 0. The van der Waals surface area contributed by atoms with E-state index in [1.807, 2.05) is 6.07 Å². The second-order valence-corrected chi connectivity index (χ2v) is 6.59. The van der Waals surface area contributed by atoms with E-state index in [-0.39, 0.29) is 11.4 Å². The van der Waals surface area contributed by atoms with Crippen molar-refractivity contribution in [1.82, 2.24) is 0 Å². The summed E-state index contributed by atoms with van der Waals surface area (Å²) < 4.78 is 13.3. The first kappa shape index (κ1) is 13.0. The third-order valence-electron chi connectivity index (χ3n) is 5.13. The molecule has 21 heavy (non-hydrogen) atoms. The molecule has 0 amide bonds. The lowest BCUT2D eigenvalue weighted by Crippen LogP contribution is -2.36. The van der Waals surface area contributed by atoms with Crippen LogP contribution in [-0.4, -0.2) is 0 Å². The van der Waals surface area contributed by atoms with Crippen LogP contribution in [0, 0.1) is 5.82 Å². The van der Waals surface area contributed by atoms with Gasteiger partial charge in [-0.3, -0.25) is 0 Å². The molecule has 2 aromatic rings. The normalized spacial score (nSPS) is 23.1. The van der Waals surface area contributed by atoms with Gasteiger partial charge in [-0.2, -0.15) is 0 Å². The van der Waals surface area contributed by atoms with E-state index in [0.29, 0.717) is 0 Å². The van der Waals surface area contributed by atoms with Crippen LogP contribution in [0.4, 0.5) is 4.39 Å². The third kappa shape index (κ3) is 2.18. The Kier molecular flexibility index (Phi) is 2.90. The molecule has 2 aliphatic rings. The minimum atomic E-state index is -0.337. The van der Waals surface area contributed by atoms with Crippen molar-refractivity contribution < 1.29 is 4.39 Å². The summed E-state index contributed by atoms with van der Waals surface area (Å²) in [4.78, 5) is 0. The summed E-state index contributed by atoms with van der Waals surface area (Å²) in [6, 6.07) is 11.9. The number of aryl methyl sites for hydroxylation is 3. The summed E-state index contributed by atoms with van der Waals surface area (Å²) in [7, 11) is 0. The average molecular weight is 281 g/mol. The largest absolute Gasteiger partial charge is 0.321 e. The van der Waals surface area contributed by atoms with Gasteiger partial charge in [-0.25, -0.2) is 4.39 Å². The quantitative estimate of drug-likeness (QED) is 0.893. The van der Waals surface area contributed by atoms with Gasteiger partial charge >= 0.3 is 0 Å². The van der Waals surface area contributed by atoms with Gasteiger partial charge in [0.05, 0.1) is 0 Å². The van der Waals surface area contributed by atoms with Crippen LogP contribution in [0.15, 0.2) is 36.4 Å². The molecule has 0 aliphatic heterocycles. The van der Waals surface area contributed by atoms with E-state index in [2.05, 4.69) is 18.2 Å². The SMILES string of the molecule is NC1(Cc2ccc3c(c2)CCC3)CCc2cc(F)ccc21. The molecule has 0 saturated heterocycles. The number of rotatable bonds is 2. The Hall–Kier alpha value is -1.67. The van der Waals surface area contributed by atoms with E-state index in [9.17, 15) is 4.39 Å². The molecule has 2 aromatic carbocycles. The lowest BCUT2D eigenvalue weighted by Gasteiger charge is -2.26. The van der Waals surface area contributed by atoms with Gasteiger partial charge in [-0.05, 0) is 78.5 Å². The number of hydrogen-bond acceptors (Lipinski definition) is 1. The smallest absolute Gasteiger partial charge is 0.123 e. The Bertz CT molecular complexity index is 707. The predicted octanol–water partition coefficient (Wildman–Crippen LogP) is 3.66. The summed E-state index contributed by atoms with van der Waals surface area (Å²) in [6.07, 6.45) is 6.32. The van der Waals surface area contributed by atoms with Crippen LogP contribution in [0.5, 0.6) is 0 Å². The molecule has 0 fully saturated rings. The van der Waals surface area contributed by atoms with Crippen LogP contribution >= 0.6 is 0 Å². The van der Waals surface area contributed by atoms with Crippen molar-refractivity contribution in [2.45, 2.75) is 44.1 Å². The van der Waals surface area contributed by atoms with Crippen LogP contribution in [0.3, 0.4) is 0 Å². The zero-order valence-corrected chi connectivity index (χ0v) is 12.2. The molecule has 108 valence electrons. The first-order valence-corrected chi connectivity index (χ1v) is 7.83. The predicted molar refractivity (Wildman–Crippen MR) is 82.8 cm³/mol. The van der Waals surface area contributed by atoms with Crippen molar-refractivity contribution in [2.24, 2.45) is 5.73 Å². The van der Waals surface area contributed by atoms with E-state index in [4.69, 9.17) is 5.73 Å². The first-order valence-electron chi connectivity index (χ1n) is 7.83. The van der Waals surface area contributed by atoms with E-state index >= 15 is 0 Å². The number of hydrogen-bond donors (Lipinski definition) is 1. The number of nitrogens with two attached hydrogens (primary N) is 1. The fourth-order valence-corrected chi connectivity index (χ4v) is 4.03. The molecule has 0 aromatic heterocycles. The number of halogens is 1. The molecule has 0 saturated carbocycles. The average Bonchev–Trinajstić information content (AvgIpc) is 3.04. The van der Waals surface area contributed by atoms with Crippen LogP contribution in [0.2, 0.25) is 0 Å². The van der Waals surface area contributed by atoms with Crippen LogP contribution in [-0.2, 0) is 31.2 Å². The van der Waals surface area contributed by atoms with Gasteiger partial charge in [0.1, 0.15) is 5.82 Å². The molecule has 1 nitrogen and oxygen atoms in total. The standard InChI is InChI=1S/C19H20FN/c20-17-6-7-18-16(11-17)8-9-19(18,21)12-13-4-5-14-2-1-3-15(14)10-13/h4-7,10-11H,1-3,8-9,12,21H2. The Labute approximate surface area is 125 Å². The fourth-order valence-electron chi connectivity index (χ4n) is 4.03. The van der Waals surface area contributed by atoms with E-state index in [1.54, 1.807) is 6.07 Å². The van der Waals surface area contributed by atoms with Gasteiger partial charge in [0.15, 0.2) is 0 Å². The Morgan fingerprint density at radius 1 is 0.952 bits per heavy atom. The topological polar surface area (TPSA) is 26.0 Å². The maximum Gasteiger partial charge on any atom is 0.123 e. The molecule has 2 N–H and O–H groups in total. The molecular formula is C19H20FN. The summed E-state index contributed by atoms with van der Waals surface area (Å²) in [5.41, 5.74) is 12.9. The molecule has 0 spiro atoms. The first-order chi connectivity index (χ1) is 10.1.